The summed E-state index contributed by atoms with van der Waals surface area (Å²) in [7, 11) is 0. The van der Waals surface area contributed by atoms with E-state index in [0.29, 0.717) is 23.0 Å². The number of hydrogen-bond acceptors (Lipinski definition) is 3. The highest BCUT2D eigenvalue weighted by Crippen LogP contribution is 2.20. The second kappa shape index (κ2) is 6.22. The Morgan fingerprint density at radius 3 is 2.75 bits per heavy atom. The van der Waals surface area contributed by atoms with Gasteiger partial charge in [0.1, 0.15) is 12.2 Å². The van der Waals surface area contributed by atoms with Crippen LogP contribution in [0.2, 0.25) is 5.02 Å². The highest BCUT2D eigenvalue weighted by Gasteiger charge is 2.16. The van der Waals surface area contributed by atoms with Crippen LogP contribution in [-0.4, -0.2) is 34.1 Å². The van der Waals surface area contributed by atoms with Crippen molar-refractivity contribution in [2.24, 2.45) is 0 Å². The number of hydrogen-bond donors (Lipinski definition) is 1. The van der Waals surface area contributed by atoms with E-state index in [4.69, 9.17) is 16.9 Å². The minimum atomic E-state index is -0.234. The molecule has 20 heavy (non-hydrogen) atoms. The Kier molecular flexibility index (Phi) is 4.38. The number of rotatable bonds is 4. The number of H-pyrrole nitrogens is 1. The fraction of sp³-hybridized carbons (Fsp3) is 0.214. The molecule has 1 N–H and O–H groups in total. The fourth-order valence-corrected chi connectivity index (χ4v) is 1.91. The Bertz CT molecular complexity index is 642. The summed E-state index contributed by atoms with van der Waals surface area (Å²) in [5.41, 5.74) is 1.90. The first-order chi connectivity index (χ1) is 9.65. The maximum Gasteiger partial charge on any atom is 0.272 e. The first-order valence-corrected chi connectivity index (χ1v) is 6.51. The number of nitrogens with zero attached hydrogens (tertiary/aromatic N) is 3. The summed E-state index contributed by atoms with van der Waals surface area (Å²) in [5.74, 6) is -0.234. The van der Waals surface area contributed by atoms with E-state index in [2.05, 4.69) is 10.2 Å². The van der Waals surface area contributed by atoms with Gasteiger partial charge in [-0.15, -0.1) is 0 Å². The average molecular weight is 289 g/mol. The number of aromatic amines is 1. The monoisotopic (exact) mass is 288 g/mol. The minimum Gasteiger partial charge on any atom is -0.324 e. The molecule has 2 aromatic rings. The van der Waals surface area contributed by atoms with Crippen LogP contribution < -0.4 is 0 Å². The summed E-state index contributed by atoms with van der Waals surface area (Å²) in [4.78, 5) is 13.6. The molecule has 0 unspecified atom stereocenters. The van der Waals surface area contributed by atoms with Crippen molar-refractivity contribution in [2.45, 2.75) is 6.92 Å². The molecule has 2 rings (SSSR count). The Hall–Kier alpha value is -2.32. The predicted molar refractivity (Wildman–Crippen MR) is 76.2 cm³/mol. The molecule has 0 radical (unpaired) electrons. The van der Waals surface area contributed by atoms with Crippen LogP contribution in [0.1, 0.15) is 17.4 Å². The van der Waals surface area contributed by atoms with Crippen LogP contribution in [0.25, 0.3) is 11.3 Å². The lowest BCUT2D eigenvalue weighted by atomic mass is 10.1. The van der Waals surface area contributed by atoms with Crippen LogP contribution in [0.5, 0.6) is 0 Å². The average Bonchev–Trinajstić information content (AvgIpc) is 2.94. The molecule has 0 aliphatic rings. The molecule has 0 fully saturated rings. The zero-order valence-electron chi connectivity index (χ0n) is 10.9. The zero-order valence-corrected chi connectivity index (χ0v) is 11.7. The van der Waals surface area contributed by atoms with Gasteiger partial charge in [-0.25, -0.2) is 0 Å². The quantitative estimate of drug-likeness (QED) is 0.879. The van der Waals surface area contributed by atoms with Crippen LogP contribution >= 0.6 is 11.6 Å². The van der Waals surface area contributed by atoms with Crippen molar-refractivity contribution in [2.75, 3.05) is 13.1 Å². The molecule has 1 aromatic heterocycles. The molecule has 0 saturated carbocycles. The number of halogens is 1. The number of nitrogens with one attached hydrogen (secondary N) is 1. The summed E-state index contributed by atoms with van der Waals surface area (Å²) < 4.78 is 0. The van der Waals surface area contributed by atoms with E-state index < -0.39 is 0 Å². The van der Waals surface area contributed by atoms with Crippen LogP contribution in [0.3, 0.4) is 0 Å². The van der Waals surface area contributed by atoms with Gasteiger partial charge in [-0.2, -0.15) is 10.4 Å². The van der Waals surface area contributed by atoms with Gasteiger partial charge in [0.25, 0.3) is 5.91 Å². The number of amides is 1. The molecule has 1 amide bonds. The fourth-order valence-electron chi connectivity index (χ4n) is 1.78. The van der Waals surface area contributed by atoms with E-state index in [1.807, 2.05) is 25.1 Å². The number of aromatic nitrogens is 2. The Morgan fingerprint density at radius 2 is 2.15 bits per heavy atom. The highest BCUT2D eigenvalue weighted by molar-refractivity contribution is 6.30. The Labute approximate surface area is 121 Å². The van der Waals surface area contributed by atoms with Gasteiger partial charge in [0.2, 0.25) is 0 Å². The van der Waals surface area contributed by atoms with E-state index >= 15 is 0 Å². The van der Waals surface area contributed by atoms with Crippen molar-refractivity contribution in [3.05, 3.63) is 41.0 Å². The van der Waals surface area contributed by atoms with E-state index in [0.717, 1.165) is 5.56 Å². The zero-order chi connectivity index (χ0) is 14.5. The lowest BCUT2D eigenvalue weighted by Crippen LogP contribution is -2.31. The largest absolute Gasteiger partial charge is 0.324 e. The van der Waals surface area contributed by atoms with Crippen molar-refractivity contribution in [1.82, 2.24) is 15.1 Å². The lowest BCUT2D eigenvalue weighted by molar-refractivity contribution is 0.0778. The molecule has 0 aliphatic heterocycles. The van der Waals surface area contributed by atoms with Crippen molar-refractivity contribution in [3.8, 4) is 17.3 Å². The minimum absolute atomic E-state index is 0.0602. The number of carbonyl (C=O) groups is 1. The third-order valence-corrected chi connectivity index (χ3v) is 3.13. The van der Waals surface area contributed by atoms with E-state index in [1.54, 1.807) is 18.2 Å². The smallest absolute Gasteiger partial charge is 0.272 e. The Balaban J connectivity index is 2.22. The lowest BCUT2D eigenvalue weighted by Gasteiger charge is -2.15. The summed E-state index contributed by atoms with van der Waals surface area (Å²) in [6.07, 6.45) is 0. The summed E-state index contributed by atoms with van der Waals surface area (Å²) in [6, 6.07) is 10.8. The number of benzene rings is 1. The third kappa shape index (κ3) is 2.98. The van der Waals surface area contributed by atoms with Crippen molar-refractivity contribution in [1.29, 1.82) is 5.26 Å². The van der Waals surface area contributed by atoms with E-state index in [1.165, 1.54) is 4.90 Å². The van der Waals surface area contributed by atoms with Crippen LogP contribution in [-0.2, 0) is 0 Å². The summed E-state index contributed by atoms with van der Waals surface area (Å²) in [5, 5.41) is 16.2. The highest BCUT2D eigenvalue weighted by atomic mass is 35.5. The van der Waals surface area contributed by atoms with Gasteiger partial charge in [0.05, 0.1) is 11.8 Å². The maximum absolute atomic E-state index is 12.1. The molecule has 0 spiro atoms. The number of carbonyl (C=O) groups excluding carboxylic acids is 1. The van der Waals surface area contributed by atoms with Gasteiger partial charge >= 0.3 is 0 Å². The molecular formula is C14H13ClN4O. The SMILES string of the molecule is CCN(CC#N)C(=O)c1cc(-c2ccc(Cl)cc2)n[nH]1. The van der Waals surface area contributed by atoms with Crippen molar-refractivity contribution in [3.63, 3.8) is 0 Å². The molecule has 5 nitrogen and oxygen atoms in total. The standard InChI is InChI=1S/C14H13ClN4O/c1-2-19(8-7-16)14(20)13-9-12(17-18-13)10-3-5-11(15)6-4-10/h3-6,9H,2,8H2,1H3,(H,17,18). The molecule has 1 heterocycles. The predicted octanol–water partition coefficient (Wildman–Crippen LogP) is 2.72. The van der Waals surface area contributed by atoms with Crippen LogP contribution in [0.15, 0.2) is 30.3 Å². The summed E-state index contributed by atoms with van der Waals surface area (Å²) in [6.45, 7) is 2.36. The molecule has 0 saturated heterocycles. The van der Waals surface area contributed by atoms with E-state index in [-0.39, 0.29) is 12.5 Å². The van der Waals surface area contributed by atoms with Gasteiger partial charge in [0.15, 0.2) is 0 Å². The third-order valence-electron chi connectivity index (χ3n) is 2.88. The van der Waals surface area contributed by atoms with Gasteiger partial charge in [-0.3, -0.25) is 9.89 Å². The van der Waals surface area contributed by atoms with Gasteiger partial charge in [-0.05, 0) is 25.1 Å². The second-order valence-electron chi connectivity index (χ2n) is 4.15. The van der Waals surface area contributed by atoms with Crippen molar-refractivity contribution < 1.29 is 4.79 Å². The molecular weight excluding hydrogens is 276 g/mol. The molecule has 0 bridgehead atoms. The van der Waals surface area contributed by atoms with Gasteiger partial charge in [-0.1, -0.05) is 23.7 Å². The second-order valence-corrected chi connectivity index (χ2v) is 4.59. The molecule has 1 aromatic carbocycles. The number of nitriles is 1. The molecule has 0 aliphatic carbocycles. The van der Waals surface area contributed by atoms with Crippen molar-refractivity contribution >= 4 is 17.5 Å². The first kappa shape index (κ1) is 14.1. The Morgan fingerprint density at radius 1 is 1.45 bits per heavy atom. The maximum atomic E-state index is 12.1. The van der Waals surface area contributed by atoms with Gasteiger partial charge < -0.3 is 4.90 Å². The van der Waals surface area contributed by atoms with Crippen LogP contribution in [0.4, 0.5) is 0 Å². The molecule has 6 heteroatoms. The van der Waals surface area contributed by atoms with Crippen LogP contribution in [0, 0.1) is 11.3 Å². The normalized spacial score (nSPS) is 10.1. The van der Waals surface area contributed by atoms with Gasteiger partial charge in [0, 0.05) is 17.1 Å². The summed E-state index contributed by atoms with van der Waals surface area (Å²) >= 11 is 5.83. The molecule has 102 valence electrons. The van der Waals surface area contributed by atoms with E-state index in [9.17, 15) is 4.79 Å². The molecule has 0 atom stereocenters. The topological polar surface area (TPSA) is 72.8 Å². The first-order valence-electron chi connectivity index (χ1n) is 6.13.